The van der Waals surface area contributed by atoms with Gasteiger partial charge in [-0.15, -0.1) is 0 Å². The monoisotopic (exact) mass is 422 g/mol. The minimum atomic E-state index is -3.80. The van der Waals surface area contributed by atoms with E-state index >= 15 is 0 Å². The van der Waals surface area contributed by atoms with Crippen molar-refractivity contribution in [1.82, 2.24) is 5.32 Å². The van der Waals surface area contributed by atoms with Gasteiger partial charge in [-0.3, -0.25) is 9.10 Å². The number of benzene rings is 3. The molecule has 0 heterocycles. The molecule has 3 rings (SSSR count). The van der Waals surface area contributed by atoms with Gasteiger partial charge in [0.15, 0.2) is 0 Å². The second kappa shape index (κ2) is 8.71. The smallest absolute Gasteiger partial charge is 0.264 e. The first-order valence-electron chi connectivity index (χ1n) is 9.73. The number of carbonyl (C=O) groups is 1. The molecule has 0 radical (unpaired) electrons. The molecule has 0 aliphatic heterocycles. The van der Waals surface area contributed by atoms with Crippen LogP contribution in [0.1, 0.15) is 40.0 Å². The third kappa shape index (κ3) is 4.39. The third-order valence-corrected chi connectivity index (χ3v) is 6.98. The molecule has 0 spiro atoms. The number of para-hydroxylation sites is 1. The molecule has 3 aromatic rings. The van der Waals surface area contributed by atoms with Crippen molar-refractivity contribution >= 4 is 21.6 Å². The van der Waals surface area contributed by atoms with Crippen molar-refractivity contribution in [3.8, 4) is 0 Å². The maximum atomic E-state index is 13.1. The molecule has 156 valence electrons. The van der Waals surface area contributed by atoms with E-state index in [1.165, 1.54) is 23.5 Å². The summed E-state index contributed by atoms with van der Waals surface area (Å²) in [6.45, 7) is 5.76. The first kappa shape index (κ1) is 21.6. The lowest BCUT2D eigenvalue weighted by atomic mass is 10.0. The van der Waals surface area contributed by atoms with Crippen molar-refractivity contribution < 1.29 is 13.2 Å². The van der Waals surface area contributed by atoms with Crippen LogP contribution in [0.2, 0.25) is 0 Å². The maximum Gasteiger partial charge on any atom is 0.264 e. The van der Waals surface area contributed by atoms with Crippen molar-refractivity contribution in [2.45, 2.75) is 31.7 Å². The Morgan fingerprint density at radius 2 is 1.53 bits per heavy atom. The highest BCUT2D eigenvalue weighted by molar-refractivity contribution is 7.92. The topological polar surface area (TPSA) is 66.5 Å². The molecule has 0 saturated carbocycles. The van der Waals surface area contributed by atoms with E-state index in [0.717, 1.165) is 16.7 Å². The van der Waals surface area contributed by atoms with Crippen LogP contribution >= 0.6 is 0 Å². The predicted molar refractivity (Wildman–Crippen MR) is 120 cm³/mol. The fourth-order valence-corrected chi connectivity index (χ4v) is 4.74. The molecule has 1 unspecified atom stereocenters. The SMILES string of the molecule is Cc1ccccc1C(C)NC(=O)c1cccc(S(=O)(=O)N(C)c2ccccc2C)c1. The highest BCUT2D eigenvalue weighted by atomic mass is 32.2. The van der Waals surface area contributed by atoms with Gasteiger partial charge in [0.25, 0.3) is 15.9 Å². The van der Waals surface area contributed by atoms with Gasteiger partial charge in [-0.2, -0.15) is 0 Å². The average molecular weight is 423 g/mol. The van der Waals surface area contributed by atoms with Crippen molar-refractivity contribution in [1.29, 1.82) is 0 Å². The zero-order valence-corrected chi connectivity index (χ0v) is 18.4. The predicted octanol–water partition coefficient (Wildman–Crippen LogP) is 4.62. The van der Waals surface area contributed by atoms with E-state index in [0.29, 0.717) is 11.3 Å². The van der Waals surface area contributed by atoms with Crippen LogP contribution in [0.5, 0.6) is 0 Å². The Morgan fingerprint density at radius 1 is 0.900 bits per heavy atom. The lowest BCUT2D eigenvalue weighted by Crippen LogP contribution is -2.29. The summed E-state index contributed by atoms with van der Waals surface area (Å²) in [5.41, 5.74) is 3.86. The first-order valence-corrected chi connectivity index (χ1v) is 11.2. The summed E-state index contributed by atoms with van der Waals surface area (Å²) < 4.78 is 27.5. The fraction of sp³-hybridized carbons (Fsp3) is 0.208. The van der Waals surface area contributed by atoms with Gasteiger partial charge in [0.2, 0.25) is 0 Å². The number of hydrogen-bond donors (Lipinski definition) is 1. The molecule has 30 heavy (non-hydrogen) atoms. The molecule has 6 heteroatoms. The zero-order chi connectivity index (χ0) is 21.9. The van der Waals surface area contributed by atoms with E-state index in [-0.39, 0.29) is 16.8 Å². The Morgan fingerprint density at radius 3 is 2.20 bits per heavy atom. The molecular formula is C24H26N2O3S. The Bertz CT molecular complexity index is 1170. The molecule has 3 aromatic carbocycles. The molecule has 0 bridgehead atoms. The Hall–Kier alpha value is -3.12. The van der Waals surface area contributed by atoms with Gasteiger partial charge in [-0.1, -0.05) is 48.5 Å². The van der Waals surface area contributed by atoms with E-state index in [2.05, 4.69) is 5.32 Å². The molecule has 0 fully saturated rings. The highest BCUT2D eigenvalue weighted by Gasteiger charge is 2.23. The van der Waals surface area contributed by atoms with Crippen molar-refractivity contribution in [2.75, 3.05) is 11.4 Å². The molecule has 1 N–H and O–H groups in total. The summed E-state index contributed by atoms with van der Waals surface area (Å²) in [6.07, 6.45) is 0. The largest absolute Gasteiger partial charge is 0.346 e. The number of sulfonamides is 1. The van der Waals surface area contributed by atoms with Crippen LogP contribution in [0.25, 0.3) is 0 Å². The number of rotatable bonds is 6. The number of aryl methyl sites for hydroxylation is 2. The molecule has 0 saturated heterocycles. The molecular weight excluding hydrogens is 396 g/mol. The Kier molecular flexibility index (Phi) is 6.27. The molecule has 0 aromatic heterocycles. The summed E-state index contributed by atoms with van der Waals surface area (Å²) >= 11 is 0. The average Bonchev–Trinajstić information content (AvgIpc) is 2.74. The number of nitrogens with zero attached hydrogens (tertiary/aromatic N) is 1. The summed E-state index contributed by atoms with van der Waals surface area (Å²) in [5, 5.41) is 2.95. The van der Waals surface area contributed by atoms with Gasteiger partial charge in [-0.25, -0.2) is 8.42 Å². The van der Waals surface area contributed by atoms with E-state index < -0.39 is 10.0 Å². The van der Waals surface area contributed by atoms with Gasteiger partial charge >= 0.3 is 0 Å². The lowest BCUT2D eigenvalue weighted by Gasteiger charge is -2.22. The van der Waals surface area contributed by atoms with Crippen LogP contribution in [0, 0.1) is 13.8 Å². The molecule has 5 nitrogen and oxygen atoms in total. The van der Waals surface area contributed by atoms with Crippen LogP contribution in [0.4, 0.5) is 5.69 Å². The number of amides is 1. The summed E-state index contributed by atoms with van der Waals surface area (Å²) in [5.74, 6) is -0.318. The highest BCUT2D eigenvalue weighted by Crippen LogP contribution is 2.25. The summed E-state index contributed by atoms with van der Waals surface area (Å²) in [6, 6.07) is 21.1. The quantitative estimate of drug-likeness (QED) is 0.630. The number of anilines is 1. The van der Waals surface area contributed by atoms with E-state index in [9.17, 15) is 13.2 Å². The molecule has 1 amide bonds. The standard InChI is InChI=1S/C24H26N2O3S/c1-17-10-5-7-14-22(17)19(3)25-24(27)20-12-9-13-21(16-20)30(28,29)26(4)23-15-8-6-11-18(23)2/h5-16,19H,1-4H3,(H,25,27). The van der Waals surface area contributed by atoms with E-state index in [4.69, 9.17) is 0 Å². The van der Waals surface area contributed by atoms with Gasteiger partial charge in [-0.05, 0) is 61.7 Å². The molecule has 0 aliphatic rings. The summed E-state index contributed by atoms with van der Waals surface area (Å²) in [4.78, 5) is 12.9. The van der Waals surface area contributed by atoms with E-state index in [1.807, 2.05) is 57.2 Å². The zero-order valence-electron chi connectivity index (χ0n) is 17.6. The normalized spacial score (nSPS) is 12.3. The van der Waals surface area contributed by atoms with Crippen molar-refractivity contribution in [2.24, 2.45) is 0 Å². The minimum Gasteiger partial charge on any atom is -0.346 e. The second-order valence-corrected chi connectivity index (χ2v) is 9.31. The van der Waals surface area contributed by atoms with Gasteiger partial charge in [0, 0.05) is 12.6 Å². The van der Waals surface area contributed by atoms with E-state index in [1.54, 1.807) is 24.3 Å². The molecule has 0 aliphatic carbocycles. The van der Waals surface area contributed by atoms with Crippen molar-refractivity contribution in [3.05, 3.63) is 95.1 Å². The van der Waals surface area contributed by atoms with Crippen LogP contribution in [-0.2, 0) is 10.0 Å². The fourth-order valence-electron chi connectivity index (χ4n) is 3.43. The summed E-state index contributed by atoms with van der Waals surface area (Å²) in [7, 11) is -2.29. The van der Waals surface area contributed by atoms with Gasteiger partial charge in [0.1, 0.15) is 0 Å². The molecule has 1 atom stereocenters. The number of hydrogen-bond acceptors (Lipinski definition) is 3. The van der Waals surface area contributed by atoms with Crippen LogP contribution < -0.4 is 9.62 Å². The number of carbonyl (C=O) groups excluding carboxylic acids is 1. The first-order chi connectivity index (χ1) is 14.2. The second-order valence-electron chi connectivity index (χ2n) is 7.34. The third-order valence-electron chi connectivity index (χ3n) is 5.21. The minimum absolute atomic E-state index is 0.0736. The van der Waals surface area contributed by atoms with Gasteiger partial charge < -0.3 is 5.32 Å². The Labute approximate surface area is 178 Å². The Balaban J connectivity index is 1.86. The van der Waals surface area contributed by atoms with Crippen molar-refractivity contribution in [3.63, 3.8) is 0 Å². The van der Waals surface area contributed by atoms with Crippen LogP contribution in [0.15, 0.2) is 77.7 Å². The lowest BCUT2D eigenvalue weighted by molar-refractivity contribution is 0.0939. The number of nitrogens with one attached hydrogen (secondary N) is 1. The maximum absolute atomic E-state index is 13.1. The van der Waals surface area contributed by atoms with Crippen LogP contribution in [0.3, 0.4) is 0 Å². The van der Waals surface area contributed by atoms with Crippen LogP contribution in [-0.4, -0.2) is 21.4 Å². The van der Waals surface area contributed by atoms with Gasteiger partial charge in [0.05, 0.1) is 16.6 Å².